The molecule has 2 aromatic heterocycles. The lowest BCUT2D eigenvalue weighted by atomic mass is 10.0. The molecule has 1 aliphatic heterocycles. The molecule has 0 aliphatic carbocycles. The van der Waals surface area contributed by atoms with Gasteiger partial charge in [-0.15, -0.1) is 6.58 Å². The zero-order valence-corrected chi connectivity index (χ0v) is 20.4. The van der Waals surface area contributed by atoms with Crippen LogP contribution >= 0.6 is 0 Å². The number of nitrogens with one attached hydrogen (secondary N) is 2. The molecule has 10 heteroatoms. The normalized spacial score (nSPS) is 14.7. The van der Waals surface area contributed by atoms with Gasteiger partial charge in [-0.3, -0.25) is 28.8 Å². The average Bonchev–Trinajstić information content (AvgIpc) is 2.79. The van der Waals surface area contributed by atoms with Crippen molar-refractivity contribution in [2.45, 2.75) is 40.2 Å². The van der Waals surface area contributed by atoms with Gasteiger partial charge < -0.3 is 10.2 Å². The van der Waals surface area contributed by atoms with E-state index in [0.717, 1.165) is 0 Å². The summed E-state index contributed by atoms with van der Waals surface area (Å²) in [6.45, 7) is 14.4. The molecular formula is C24H34N6O4. The zero-order chi connectivity index (χ0) is 25.0. The van der Waals surface area contributed by atoms with Gasteiger partial charge in [0.05, 0.1) is 17.5 Å². The summed E-state index contributed by atoms with van der Waals surface area (Å²) < 4.78 is 1.45. The van der Waals surface area contributed by atoms with Gasteiger partial charge in [0.25, 0.3) is 11.5 Å². The third-order valence-corrected chi connectivity index (χ3v) is 5.81. The number of nitrogens with zero attached hydrogens (tertiary/aromatic N) is 4. The molecule has 184 valence electrons. The summed E-state index contributed by atoms with van der Waals surface area (Å²) in [7, 11) is 0. The monoisotopic (exact) mass is 470 g/mol. The van der Waals surface area contributed by atoms with Crippen molar-refractivity contribution in [3.05, 3.63) is 50.8 Å². The fourth-order valence-corrected chi connectivity index (χ4v) is 4.02. The molecule has 1 fully saturated rings. The van der Waals surface area contributed by atoms with E-state index in [1.807, 2.05) is 32.6 Å². The standard InChI is InChI=1S/C24H34N6O4/c1-6-7-25-19(31)14-28-8-10-29(11-9-28)23(33)17-12-18(16(4)5)26-21-20(17)22(32)27-24(34)30(21)13-15(2)3/h6,12,15-16H,1,7-11,13-14H2,2-5H3,(H,25,31)(H,27,32,34). The maximum Gasteiger partial charge on any atom is 0.330 e. The van der Waals surface area contributed by atoms with E-state index in [-0.39, 0.29) is 46.8 Å². The molecule has 34 heavy (non-hydrogen) atoms. The van der Waals surface area contributed by atoms with Crippen molar-refractivity contribution in [1.29, 1.82) is 0 Å². The van der Waals surface area contributed by atoms with Crippen LogP contribution in [0.1, 0.15) is 49.7 Å². The maximum absolute atomic E-state index is 13.6. The van der Waals surface area contributed by atoms with Crippen LogP contribution in [0.4, 0.5) is 0 Å². The molecule has 2 aromatic rings. The first-order valence-corrected chi connectivity index (χ1v) is 11.7. The second-order valence-electron chi connectivity index (χ2n) is 9.37. The number of hydrogen-bond acceptors (Lipinski definition) is 6. The molecule has 1 saturated heterocycles. The Morgan fingerprint density at radius 3 is 2.44 bits per heavy atom. The van der Waals surface area contributed by atoms with E-state index in [1.165, 1.54) is 4.57 Å². The minimum atomic E-state index is -0.608. The number of carbonyl (C=O) groups excluding carboxylic acids is 2. The largest absolute Gasteiger partial charge is 0.352 e. The Morgan fingerprint density at radius 1 is 1.18 bits per heavy atom. The number of H-pyrrole nitrogens is 1. The molecule has 0 atom stereocenters. The molecule has 3 heterocycles. The van der Waals surface area contributed by atoms with Crippen molar-refractivity contribution in [2.24, 2.45) is 5.92 Å². The van der Waals surface area contributed by atoms with Gasteiger partial charge in [0, 0.05) is 45.0 Å². The summed E-state index contributed by atoms with van der Waals surface area (Å²) in [6.07, 6.45) is 1.63. The predicted octanol–water partition coefficient (Wildman–Crippen LogP) is 0.924. The number of hydrogen-bond donors (Lipinski definition) is 2. The van der Waals surface area contributed by atoms with Crippen LogP contribution in [0, 0.1) is 5.92 Å². The van der Waals surface area contributed by atoms with Crippen molar-refractivity contribution < 1.29 is 9.59 Å². The van der Waals surface area contributed by atoms with Gasteiger partial charge >= 0.3 is 5.69 Å². The molecule has 3 rings (SSSR count). The van der Waals surface area contributed by atoms with E-state index in [2.05, 4.69) is 21.9 Å². The van der Waals surface area contributed by atoms with Crippen molar-refractivity contribution in [3.8, 4) is 0 Å². The lowest BCUT2D eigenvalue weighted by Gasteiger charge is -2.34. The van der Waals surface area contributed by atoms with Gasteiger partial charge in [-0.05, 0) is 17.9 Å². The Kier molecular flexibility index (Phi) is 8.03. The van der Waals surface area contributed by atoms with Crippen molar-refractivity contribution in [2.75, 3.05) is 39.3 Å². The first-order chi connectivity index (χ1) is 16.1. The van der Waals surface area contributed by atoms with E-state index in [0.29, 0.717) is 45.0 Å². The number of aromatic amines is 1. The van der Waals surface area contributed by atoms with Crippen LogP contribution in [0.5, 0.6) is 0 Å². The van der Waals surface area contributed by atoms with Crippen molar-refractivity contribution in [3.63, 3.8) is 0 Å². The fourth-order valence-electron chi connectivity index (χ4n) is 4.02. The Labute approximate surface area is 198 Å². The van der Waals surface area contributed by atoms with Gasteiger partial charge in [0.15, 0.2) is 5.65 Å². The number of carbonyl (C=O) groups is 2. The summed E-state index contributed by atoms with van der Waals surface area (Å²) in [5, 5.41) is 2.89. The number of pyridine rings is 1. The maximum atomic E-state index is 13.6. The van der Waals surface area contributed by atoms with Crippen molar-refractivity contribution in [1.82, 2.24) is 29.7 Å². The molecule has 1 aliphatic rings. The summed E-state index contributed by atoms with van der Waals surface area (Å²) in [5.41, 5.74) is 0.0140. The van der Waals surface area contributed by atoms with Gasteiger partial charge in [-0.25, -0.2) is 9.78 Å². The van der Waals surface area contributed by atoms with Crippen LogP contribution in [0.2, 0.25) is 0 Å². The minimum absolute atomic E-state index is 0.00349. The summed E-state index contributed by atoms with van der Waals surface area (Å²) in [5.74, 6) is -0.211. The topological polar surface area (TPSA) is 120 Å². The first kappa shape index (κ1) is 25.4. The second kappa shape index (κ2) is 10.8. The molecule has 10 nitrogen and oxygen atoms in total. The second-order valence-corrected chi connectivity index (χ2v) is 9.37. The molecule has 2 N–H and O–H groups in total. The molecule has 0 saturated carbocycles. The number of piperazine rings is 1. The van der Waals surface area contributed by atoms with E-state index >= 15 is 0 Å². The summed E-state index contributed by atoms with van der Waals surface area (Å²) in [4.78, 5) is 61.6. The molecule has 0 radical (unpaired) electrons. The van der Waals surface area contributed by atoms with Crippen LogP contribution in [0.3, 0.4) is 0 Å². The molecule has 0 bridgehead atoms. The quantitative estimate of drug-likeness (QED) is 0.554. The number of rotatable bonds is 8. The summed E-state index contributed by atoms with van der Waals surface area (Å²) in [6, 6.07) is 1.67. The van der Waals surface area contributed by atoms with E-state index < -0.39 is 11.2 Å². The zero-order valence-electron chi connectivity index (χ0n) is 20.4. The highest BCUT2D eigenvalue weighted by molar-refractivity contribution is 6.05. The Morgan fingerprint density at radius 2 is 1.85 bits per heavy atom. The van der Waals surface area contributed by atoms with Crippen LogP contribution in [0.15, 0.2) is 28.3 Å². The molecular weight excluding hydrogens is 436 g/mol. The van der Waals surface area contributed by atoms with Crippen molar-refractivity contribution >= 4 is 22.8 Å². The molecule has 2 amide bonds. The van der Waals surface area contributed by atoms with Crippen LogP contribution in [-0.2, 0) is 11.3 Å². The van der Waals surface area contributed by atoms with Gasteiger partial charge in [-0.2, -0.15) is 0 Å². The molecule has 0 unspecified atom stereocenters. The number of amides is 2. The van der Waals surface area contributed by atoms with Crippen LogP contribution in [-0.4, -0.2) is 75.4 Å². The highest BCUT2D eigenvalue weighted by atomic mass is 16.2. The minimum Gasteiger partial charge on any atom is -0.352 e. The van der Waals surface area contributed by atoms with Gasteiger partial charge in [0.1, 0.15) is 0 Å². The Hall–Kier alpha value is -3.27. The van der Waals surface area contributed by atoms with Gasteiger partial charge in [0.2, 0.25) is 5.91 Å². The number of aromatic nitrogens is 3. The first-order valence-electron chi connectivity index (χ1n) is 11.7. The third kappa shape index (κ3) is 5.61. The highest BCUT2D eigenvalue weighted by Crippen LogP contribution is 2.22. The SMILES string of the molecule is C=CCNC(=O)CN1CCN(C(=O)c2cc(C(C)C)nc3c2c(=O)[nH]c(=O)n3CC(C)C)CC1. The van der Waals surface area contributed by atoms with Crippen LogP contribution < -0.4 is 16.6 Å². The third-order valence-electron chi connectivity index (χ3n) is 5.81. The molecule has 0 spiro atoms. The van der Waals surface area contributed by atoms with E-state index in [1.54, 1.807) is 17.0 Å². The molecule has 0 aromatic carbocycles. The smallest absolute Gasteiger partial charge is 0.330 e. The van der Waals surface area contributed by atoms with Gasteiger partial charge in [-0.1, -0.05) is 33.8 Å². The Bertz CT molecular complexity index is 1190. The summed E-state index contributed by atoms with van der Waals surface area (Å²) >= 11 is 0. The Balaban J connectivity index is 1.94. The average molecular weight is 471 g/mol. The lowest BCUT2D eigenvalue weighted by Crippen LogP contribution is -2.51. The predicted molar refractivity (Wildman–Crippen MR) is 131 cm³/mol. The lowest BCUT2D eigenvalue weighted by molar-refractivity contribution is -0.122. The van der Waals surface area contributed by atoms with E-state index in [4.69, 9.17) is 0 Å². The fraction of sp³-hybridized carbons (Fsp3) is 0.542. The van der Waals surface area contributed by atoms with E-state index in [9.17, 15) is 19.2 Å². The highest BCUT2D eigenvalue weighted by Gasteiger charge is 2.27. The van der Waals surface area contributed by atoms with Crippen LogP contribution in [0.25, 0.3) is 11.0 Å². The number of fused-ring (bicyclic) bond motifs is 1.